The number of para-hydroxylation sites is 1. The number of halogens is 1. The summed E-state index contributed by atoms with van der Waals surface area (Å²) < 4.78 is 43.8. The number of sulfone groups is 1. The first kappa shape index (κ1) is 60.4. The molecule has 0 bridgehead atoms. The average Bonchev–Trinajstić information content (AvgIpc) is 4.04. The average molecular weight is 1140 g/mol. The van der Waals surface area contributed by atoms with E-state index in [1.165, 1.54) is 11.1 Å². The Morgan fingerprint density at radius 2 is 1.57 bits per heavy atom. The number of nitrogens with one attached hydrogen (secondary N) is 4. The van der Waals surface area contributed by atoms with Gasteiger partial charge in [-0.1, -0.05) is 68.8 Å². The molecule has 22 heteroatoms. The molecule has 1 unspecified atom stereocenters. The monoisotopic (exact) mass is 1140 g/mol. The van der Waals surface area contributed by atoms with Gasteiger partial charge in [-0.25, -0.2) is 18.4 Å². The lowest BCUT2D eigenvalue weighted by Crippen LogP contribution is -2.58. The van der Waals surface area contributed by atoms with Crippen molar-refractivity contribution in [1.82, 2.24) is 35.4 Å². The van der Waals surface area contributed by atoms with Crippen LogP contribution in [-0.4, -0.2) is 138 Å². The van der Waals surface area contributed by atoms with Crippen molar-refractivity contribution in [2.24, 2.45) is 5.41 Å². The molecule has 2 fully saturated rings. The van der Waals surface area contributed by atoms with Crippen molar-refractivity contribution in [2.75, 3.05) is 56.7 Å². The molecule has 19 nitrogen and oxygen atoms in total. The van der Waals surface area contributed by atoms with E-state index in [1.54, 1.807) is 59.9 Å². The number of amides is 4. The number of likely N-dealkylation sites (tertiary alicyclic amines) is 2. The Bertz CT molecular complexity index is 3070. The van der Waals surface area contributed by atoms with Gasteiger partial charge in [-0.05, 0) is 119 Å². The van der Waals surface area contributed by atoms with Crippen LogP contribution in [0.2, 0.25) is 5.02 Å². The summed E-state index contributed by atoms with van der Waals surface area (Å²) in [4.78, 5) is 72.0. The van der Waals surface area contributed by atoms with Crippen molar-refractivity contribution in [3.8, 4) is 16.2 Å². The van der Waals surface area contributed by atoms with E-state index >= 15 is 0 Å². The van der Waals surface area contributed by atoms with Crippen molar-refractivity contribution >= 4 is 79.5 Å². The normalized spacial score (nSPS) is 16.9. The SMILES string of the molecule is Cc1cc(Nc2ncc(Cl)c(Nc3ccccc3S(=O)(=O)C(C)C)n2)c(OC(C)C)cc1C1CCN(C(=O)COCCOCC(=O)NC(C(=O)N2C[C@H](O)C[C@H]2C(=O)N[C@@H](C)c2ccc(-c3scnc3C)cc2)C(C)(C)C)CC1. The van der Waals surface area contributed by atoms with Crippen LogP contribution in [0.3, 0.4) is 0 Å². The minimum absolute atomic E-state index is 0.0236. The van der Waals surface area contributed by atoms with E-state index in [4.69, 9.17) is 25.8 Å². The molecular weight excluding hydrogens is 1070 g/mol. The molecule has 0 radical (unpaired) electrons. The Balaban J connectivity index is 0.858. The highest BCUT2D eigenvalue weighted by Crippen LogP contribution is 2.39. The maximum Gasteiger partial charge on any atom is 0.248 e. The van der Waals surface area contributed by atoms with Gasteiger partial charge in [-0.15, -0.1) is 11.3 Å². The number of aryl methyl sites for hydroxylation is 2. The van der Waals surface area contributed by atoms with E-state index in [1.807, 2.05) is 91.8 Å². The summed E-state index contributed by atoms with van der Waals surface area (Å²) in [7, 11) is -3.61. The molecule has 4 atom stereocenters. The molecule has 0 spiro atoms. The Hall–Kier alpha value is -6.23. The second-order valence-electron chi connectivity index (χ2n) is 21.7. The smallest absolute Gasteiger partial charge is 0.248 e. The number of benzene rings is 3. The number of hydrogen-bond acceptors (Lipinski definition) is 16. The van der Waals surface area contributed by atoms with Gasteiger partial charge in [0, 0.05) is 26.1 Å². The lowest BCUT2D eigenvalue weighted by molar-refractivity contribution is -0.145. The third kappa shape index (κ3) is 15.4. The number of aromatic nitrogens is 3. The largest absolute Gasteiger partial charge is 0.489 e. The molecule has 426 valence electrons. The third-order valence-electron chi connectivity index (χ3n) is 14.0. The van der Waals surface area contributed by atoms with E-state index in [-0.39, 0.29) is 85.0 Å². The Morgan fingerprint density at radius 3 is 2.22 bits per heavy atom. The second-order valence-corrected chi connectivity index (χ2v) is 25.5. The van der Waals surface area contributed by atoms with Crippen molar-refractivity contribution in [3.05, 3.63) is 99.8 Å². The molecule has 0 aliphatic carbocycles. The number of aliphatic hydroxyl groups is 1. The molecule has 3 aromatic carbocycles. The van der Waals surface area contributed by atoms with Gasteiger partial charge in [0.05, 0.1) is 75.3 Å². The van der Waals surface area contributed by atoms with Crippen molar-refractivity contribution < 1.29 is 46.9 Å². The van der Waals surface area contributed by atoms with Crippen LogP contribution in [0.15, 0.2) is 77.3 Å². The summed E-state index contributed by atoms with van der Waals surface area (Å²) in [5, 5.41) is 22.4. The third-order valence-corrected chi connectivity index (χ3v) is 17.4. The summed E-state index contributed by atoms with van der Waals surface area (Å²) in [6.07, 6.45) is 1.86. The van der Waals surface area contributed by atoms with Gasteiger partial charge < -0.3 is 50.4 Å². The maximum atomic E-state index is 14.1. The lowest BCUT2D eigenvalue weighted by atomic mass is 9.85. The maximum absolute atomic E-state index is 14.1. The second kappa shape index (κ2) is 26.4. The van der Waals surface area contributed by atoms with Crippen LogP contribution in [0.1, 0.15) is 109 Å². The Morgan fingerprint density at radius 1 is 0.886 bits per heavy atom. The van der Waals surface area contributed by atoms with Crippen molar-refractivity contribution in [1.29, 1.82) is 0 Å². The fraction of sp³-hybridized carbons (Fsp3) is 0.491. The number of carbonyl (C=O) groups is 4. The first-order valence-corrected chi connectivity index (χ1v) is 29.4. The number of thiazole rings is 1. The van der Waals surface area contributed by atoms with Crippen LogP contribution in [0.25, 0.3) is 10.4 Å². The highest BCUT2D eigenvalue weighted by Gasteiger charge is 2.45. The molecule has 7 rings (SSSR count). The van der Waals surface area contributed by atoms with E-state index < -0.39 is 56.4 Å². The van der Waals surface area contributed by atoms with E-state index in [0.717, 1.165) is 45.7 Å². The summed E-state index contributed by atoms with van der Waals surface area (Å²) >= 11 is 8.08. The van der Waals surface area contributed by atoms with E-state index in [9.17, 15) is 32.7 Å². The Labute approximate surface area is 472 Å². The molecule has 2 aliphatic heterocycles. The van der Waals surface area contributed by atoms with Gasteiger partial charge in [-0.2, -0.15) is 4.98 Å². The molecular formula is C57H74ClN9O10S2. The Kier molecular flexibility index (Phi) is 20.2. The predicted molar refractivity (Wildman–Crippen MR) is 306 cm³/mol. The first-order chi connectivity index (χ1) is 37.4. The minimum atomic E-state index is -3.61. The number of hydrogen-bond donors (Lipinski definition) is 5. The summed E-state index contributed by atoms with van der Waals surface area (Å²) in [5.41, 5.74) is 6.99. The number of rotatable bonds is 22. The van der Waals surface area contributed by atoms with Crippen LogP contribution in [-0.2, 0) is 38.5 Å². The number of nitrogens with zero attached hydrogens (tertiary/aromatic N) is 5. The quantitative estimate of drug-likeness (QED) is 0.0408. The number of aliphatic hydroxyl groups excluding tert-OH is 1. The summed E-state index contributed by atoms with van der Waals surface area (Å²) in [6.45, 7) is 19.0. The van der Waals surface area contributed by atoms with Crippen molar-refractivity contribution in [2.45, 2.75) is 135 Å². The van der Waals surface area contributed by atoms with Gasteiger partial charge >= 0.3 is 0 Å². The van der Waals surface area contributed by atoms with Gasteiger partial charge in [0.1, 0.15) is 36.1 Å². The fourth-order valence-electron chi connectivity index (χ4n) is 9.62. The highest BCUT2D eigenvalue weighted by atomic mass is 35.5. The van der Waals surface area contributed by atoms with Crippen LogP contribution in [0.4, 0.5) is 23.1 Å². The van der Waals surface area contributed by atoms with Crippen LogP contribution in [0, 0.1) is 19.3 Å². The topological polar surface area (TPSA) is 244 Å². The zero-order chi connectivity index (χ0) is 57.3. The number of β-amino-alcohol motifs (C(OH)–C–C–N with tert-alkyl or cyclic N) is 1. The first-order valence-electron chi connectivity index (χ1n) is 26.6. The molecule has 0 saturated carbocycles. The number of ether oxygens (including phenoxy) is 3. The van der Waals surface area contributed by atoms with Crippen LogP contribution in [0.5, 0.6) is 5.75 Å². The number of piperidine rings is 1. The molecule has 79 heavy (non-hydrogen) atoms. The lowest BCUT2D eigenvalue weighted by Gasteiger charge is -2.35. The van der Waals surface area contributed by atoms with Crippen LogP contribution >= 0.6 is 22.9 Å². The zero-order valence-corrected chi connectivity index (χ0v) is 49.0. The van der Waals surface area contributed by atoms with E-state index in [2.05, 4.69) is 36.2 Å². The fourth-order valence-corrected chi connectivity index (χ4v) is 11.8. The molecule has 2 saturated heterocycles. The van der Waals surface area contributed by atoms with Gasteiger partial charge in [0.2, 0.25) is 29.6 Å². The number of anilines is 4. The summed E-state index contributed by atoms with van der Waals surface area (Å²) in [6, 6.07) is 16.1. The molecule has 4 heterocycles. The van der Waals surface area contributed by atoms with Gasteiger partial charge in [0.15, 0.2) is 15.7 Å². The number of carbonyl (C=O) groups excluding carboxylic acids is 4. The van der Waals surface area contributed by atoms with Crippen LogP contribution < -0.4 is 26.0 Å². The van der Waals surface area contributed by atoms with E-state index in [0.29, 0.717) is 30.2 Å². The highest BCUT2D eigenvalue weighted by molar-refractivity contribution is 7.92. The predicted octanol–water partition coefficient (Wildman–Crippen LogP) is 8.44. The molecule has 2 aliphatic rings. The van der Waals surface area contributed by atoms with Gasteiger partial charge in [-0.3, -0.25) is 19.2 Å². The molecule has 4 amide bonds. The van der Waals surface area contributed by atoms with Crippen molar-refractivity contribution in [3.63, 3.8) is 0 Å². The molecule has 2 aromatic heterocycles. The standard InChI is InChI=1S/C57H74ClN9O10S2/c1-33(2)77-47-27-42(35(5)25-45(47)63-56-59-28-43(58)53(65-56)62-44-13-11-12-14-48(44)79(73,74)34(3)4)39-19-21-66(22-20-39)50(70)31-76-24-23-75-30-49(69)64-52(57(8,9)10)55(72)67-29-41(68)26-46(67)54(71)61-36(6)38-15-17-40(18-16-38)51-37(7)60-32-78-51/h11-18,25,27-28,32-34,36,39,41,46,52,68H,19-24,26,29-31H2,1-10H3,(H,61,71)(H,64,69)(H2,59,62,63,65)/t36-,41+,46-,52?/m0/s1. The summed E-state index contributed by atoms with van der Waals surface area (Å²) in [5.74, 6) is -0.399. The zero-order valence-electron chi connectivity index (χ0n) is 46.6. The molecule has 5 aromatic rings. The minimum Gasteiger partial charge on any atom is -0.489 e. The molecule has 5 N–H and O–H groups in total. The van der Waals surface area contributed by atoms with Gasteiger partial charge in [0.25, 0.3) is 0 Å².